The number of carbonyl (C=O) groups excluding carboxylic acids is 1. The number of halogens is 1. The third-order valence-corrected chi connectivity index (χ3v) is 7.13. The molecule has 1 aromatic rings. The Kier molecular flexibility index (Phi) is 9.88. The van der Waals surface area contributed by atoms with Crippen molar-refractivity contribution in [3.63, 3.8) is 0 Å². The molecule has 3 unspecified atom stereocenters. The van der Waals surface area contributed by atoms with E-state index >= 15 is 0 Å². The maximum absolute atomic E-state index is 12.2. The van der Waals surface area contributed by atoms with E-state index in [4.69, 9.17) is 16.7 Å². The predicted octanol–water partition coefficient (Wildman–Crippen LogP) is 3.06. The molecule has 1 fully saturated rings. The Morgan fingerprint density at radius 2 is 2.00 bits per heavy atom. The molecule has 2 rings (SSSR count). The van der Waals surface area contributed by atoms with Crippen LogP contribution in [0.15, 0.2) is 36.4 Å². The maximum Gasteiger partial charge on any atom is 0.313 e. The summed E-state index contributed by atoms with van der Waals surface area (Å²) in [7, 11) is 0. The number of benzene rings is 1. The van der Waals surface area contributed by atoms with Crippen molar-refractivity contribution in [3.8, 4) is 0 Å². The van der Waals surface area contributed by atoms with Crippen LogP contribution in [-0.4, -0.2) is 61.8 Å². The highest BCUT2D eigenvalue weighted by molar-refractivity contribution is 8.01. The molecule has 28 heavy (non-hydrogen) atoms. The Hall–Kier alpha value is -0.990. The van der Waals surface area contributed by atoms with Crippen LogP contribution in [0.4, 0.5) is 0 Å². The van der Waals surface area contributed by atoms with Crippen LogP contribution in [-0.2, 0) is 16.0 Å². The summed E-state index contributed by atoms with van der Waals surface area (Å²) in [6.45, 7) is 0. The molecule has 1 aliphatic rings. The van der Waals surface area contributed by atoms with Crippen LogP contribution in [0.2, 0.25) is 5.02 Å². The van der Waals surface area contributed by atoms with Crippen molar-refractivity contribution in [1.29, 1.82) is 0 Å². The Morgan fingerprint density at radius 3 is 2.68 bits per heavy atom. The fourth-order valence-corrected chi connectivity index (χ4v) is 5.34. The van der Waals surface area contributed by atoms with Crippen LogP contribution < -0.4 is 0 Å². The zero-order valence-electron chi connectivity index (χ0n) is 15.4. The molecule has 0 heterocycles. The molecule has 1 saturated carbocycles. The maximum atomic E-state index is 12.2. The molecule has 0 bridgehead atoms. The summed E-state index contributed by atoms with van der Waals surface area (Å²) < 4.78 is 0. The van der Waals surface area contributed by atoms with Crippen molar-refractivity contribution < 1.29 is 24.9 Å². The number of ketones is 1. The van der Waals surface area contributed by atoms with Crippen molar-refractivity contribution >= 4 is 46.9 Å². The molecule has 3 N–H and O–H groups in total. The van der Waals surface area contributed by atoms with Gasteiger partial charge in [0.15, 0.2) is 0 Å². The van der Waals surface area contributed by atoms with Gasteiger partial charge in [-0.2, -0.15) is 11.8 Å². The second kappa shape index (κ2) is 11.9. The summed E-state index contributed by atoms with van der Waals surface area (Å²) in [5.41, 5.74) is 0.953. The fourth-order valence-electron chi connectivity index (χ4n) is 3.03. The zero-order chi connectivity index (χ0) is 20.5. The minimum atomic E-state index is -0.825. The van der Waals surface area contributed by atoms with Gasteiger partial charge in [-0.15, -0.1) is 11.8 Å². The topological polar surface area (TPSA) is 94.8 Å². The van der Waals surface area contributed by atoms with Gasteiger partial charge >= 0.3 is 5.97 Å². The molecule has 1 aliphatic carbocycles. The quantitative estimate of drug-likeness (QED) is 0.356. The molecule has 0 spiro atoms. The van der Waals surface area contributed by atoms with Crippen LogP contribution in [0.3, 0.4) is 0 Å². The SMILES string of the molecule is O=C(O)CSCCCSC1C(=O)CC(O)[C@@H]1C=CC(O)Cc1ccc(Cl)cc1. The molecule has 4 atom stereocenters. The number of aliphatic hydroxyl groups is 2. The van der Waals surface area contributed by atoms with Gasteiger partial charge in [0.2, 0.25) is 0 Å². The lowest BCUT2D eigenvalue weighted by molar-refractivity contribution is -0.133. The monoisotopic (exact) mass is 444 g/mol. The summed E-state index contributed by atoms with van der Waals surface area (Å²) >= 11 is 8.72. The van der Waals surface area contributed by atoms with Gasteiger partial charge in [-0.3, -0.25) is 9.59 Å². The standard InChI is InChI=1S/C20H25ClO5S2/c21-14-4-2-13(3-5-14)10-15(22)6-7-16-17(23)11-18(24)20(16)28-9-1-8-27-12-19(25)26/h2-7,15-17,20,22-23H,1,8-12H2,(H,25,26)/t15?,16-,17?,20?/m0/s1. The molecular formula is C20H25ClO5S2. The largest absolute Gasteiger partial charge is 0.481 e. The van der Waals surface area contributed by atoms with E-state index < -0.39 is 18.2 Å². The van der Waals surface area contributed by atoms with Crippen molar-refractivity contribution in [3.05, 3.63) is 47.0 Å². The van der Waals surface area contributed by atoms with Crippen LogP contribution in [0.5, 0.6) is 0 Å². The van der Waals surface area contributed by atoms with Gasteiger partial charge in [0.05, 0.1) is 23.2 Å². The molecule has 0 aromatic heterocycles. The van der Waals surface area contributed by atoms with Crippen molar-refractivity contribution in [1.82, 2.24) is 0 Å². The highest BCUT2D eigenvalue weighted by Gasteiger charge is 2.40. The molecule has 0 radical (unpaired) electrons. The number of carboxylic acids is 1. The van der Waals surface area contributed by atoms with E-state index in [1.54, 1.807) is 24.3 Å². The average molecular weight is 445 g/mol. The smallest absolute Gasteiger partial charge is 0.313 e. The van der Waals surface area contributed by atoms with Crippen molar-refractivity contribution in [2.75, 3.05) is 17.3 Å². The second-order valence-corrected chi connectivity index (χ2v) is 9.48. The van der Waals surface area contributed by atoms with Gasteiger partial charge in [-0.25, -0.2) is 0 Å². The highest BCUT2D eigenvalue weighted by atomic mass is 35.5. The van der Waals surface area contributed by atoms with E-state index in [0.29, 0.717) is 11.4 Å². The lowest BCUT2D eigenvalue weighted by Gasteiger charge is -2.17. The van der Waals surface area contributed by atoms with Crippen molar-refractivity contribution in [2.24, 2.45) is 5.92 Å². The lowest BCUT2D eigenvalue weighted by Crippen LogP contribution is -2.22. The Bertz CT molecular complexity index is 680. The van der Waals surface area contributed by atoms with E-state index in [9.17, 15) is 19.8 Å². The summed E-state index contributed by atoms with van der Waals surface area (Å²) in [6, 6.07) is 7.25. The van der Waals surface area contributed by atoms with E-state index in [1.807, 2.05) is 12.1 Å². The summed E-state index contributed by atoms with van der Waals surface area (Å²) in [5.74, 6) is 0.426. The highest BCUT2D eigenvalue weighted by Crippen LogP contribution is 2.34. The second-order valence-electron chi connectivity index (χ2n) is 6.69. The number of hydrogen-bond donors (Lipinski definition) is 3. The molecular weight excluding hydrogens is 420 g/mol. The van der Waals surface area contributed by atoms with Gasteiger partial charge < -0.3 is 15.3 Å². The minimum Gasteiger partial charge on any atom is -0.481 e. The van der Waals surface area contributed by atoms with E-state index in [1.165, 1.54) is 23.5 Å². The fraction of sp³-hybridized carbons (Fsp3) is 0.500. The minimum absolute atomic E-state index is 0.0255. The average Bonchev–Trinajstić information content (AvgIpc) is 2.91. The molecule has 154 valence electrons. The molecule has 0 saturated heterocycles. The van der Waals surface area contributed by atoms with Crippen LogP contribution in [0.25, 0.3) is 0 Å². The molecule has 5 nitrogen and oxygen atoms in total. The molecule has 0 aliphatic heterocycles. The number of Topliss-reactive ketones (excluding diaryl/α,β-unsaturated/α-hetero) is 1. The van der Waals surface area contributed by atoms with E-state index in [-0.39, 0.29) is 29.1 Å². The Balaban J connectivity index is 1.82. The molecule has 0 amide bonds. The van der Waals surface area contributed by atoms with Crippen molar-refractivity contribution in [2.45, 2.75) is 36.7 Å². The number of carboxylic acid groups (broad SMARTS) is 1. The normalized spacial score (nSPS) is 23.4. The number of rotatable bonds is 11. The van der Waals surface area contributed by atoms with Gasteiger partial charge in [0, 0.05) is 23.8 Å². The first-order chi connectivity index (χ1) is 13.4. The number of thioether (sulfide) groups is 2. The van der Waals surface area contributed by atoms with Crippen LogP contribution in [0.1, 0.15) is 18.4 Å². The number of aliphatic carboxylic acids is 1. The van der Waals surface area contributed by atoms with Crippen LogP contribution >= 0.6 is 35.1 Å². The van der Waals surface area contributed by atoms with Gasteiger partial charge in [0.25, 0.3) is 0 Å². The van der Waals surface area contributed by atoms with E-state index in [2.05, 4.69) is 0 Å². The third kappa shape index (κ3) is 7.79. The number of carbonyl (C=O) groups is 2. The van der Waals surface area contributed by atoms with E-state index in [0.717, 1.165) is 23.5 Å². The first kappa shape index (κ1) is 23.3. The first-order valence-corrected chi connectivity index (χ1v) is 11.7. The third-order valence-electron chi connectivity index (χ3n) is 4.39. The lowest BCUT2D eigenvalue weighted by atomic mass is 10.0. The number of hydrogen-bond acceptors (Lipinski definition) is 6. The Labute approximate surface area is 178 Å². The number of aliphatic hydroxyl groups excluding tert-OH is 2. The summed E-state index contributed by atoms with van der Waals surface area (Å²) in [5, 5.41) is 29.4. The first-order valence-electron chi connectivity index (χ1n) is 9.09. The van der Waals surface area contributed by atoms with Gasteiger partial charge in [-0.05, 0) is 35.6 Å². The van der Waals surface area contributed by atoms with Gasteiger partial charge in [0.1, 0.15) is 5.78 Å². The Morgan fingerprint density at radius 1 is 1.29 bits per heavy atom. The molecule has 1 aromatic carbocycles. The van der Waals surface area contributed by atoms with Gasteiger partial charge in [-0.1, -0.05) is 35.9 Å². The van der Waals surface area contributed by atoms with Crippen LogP contribution in [0, 0.1) is 5.92 Å². The molecule has 8 heteroatoms. The predicted molar refractivity (Wildman–Crippen MR) is 115 cm³/mol. The summed E-state index contributed by atoms with van der Waals surface area (Å²) in [6.07, 6.45) is 3.34. The summed E-state index contributed by atoms with van der Waals surface area (Å²) in [4.78, 5) is 22.7. The zero-order valence-corrected chi connectivity index (χ0v) is 17.8.